The molecule has 2 N–H and O–H groups in total. The lowest BCUT2D eigenvalue weighted by Crippen LogP contribution is -2.26. The van der Waals surface area contributed by atoms with Crippen LogP contribution in [-0.2, 0) is 4.79 Å². The minimum absolute atomic E-state index is 0.0703. The van der Waals surface area contributed by atoms with E-state index in [4.69, 9.17) is 16.7 Å². The Morgan fingerprint density at radius 1 is 1.69 bits per heavy atom. The number of aromatic nitrogens is 3. The molecule has 16 heavy (non-hydrogen) atoms. The van der Waals surface area contributed by atoms with E-state index in [1.807, 2.05) is 0 Å². The first kappa shape index (κ1) is 10.9. The Labute approximate surface area is 95.4 Å². The van der Waals surface area contributed by atoms with Crippen molar-refractivity contribution >= 4 is 29.4 Å². The molecule has 7 nitrogen and oxygen atoms in total. The van der Waals surface area contributed by atoms with Gasteiger partial charge in [-0.05, 0) is 5.92 Å². The van der Waals surface area contributed by atoms with Gasteiger partial charge < -0.3 is 5.11 Å². The molecule has 86 valence electrons. The molecule has 8 heteroatoms. The molecule has 0 saturated carbocycles. The first-order chi connectivity index (χ1) is 7.61. The maximum Gasteiger partial charge on any atom is 0.373 e. The number of carbonyl (C=O) groups is 2. The Balaban J connectivity index is 2.18. The van der Waals surface area contributed by atoms with Crippen LogP contribution in [0.3, 0.4) is 0 Å². The molecule has 1 aliphatic rings. The fraction of sp³-hybridized carbons (Fsp3) is 0.500. The van der Waals surface area contributed by atoms with Crippen LogP contribution >= 0.6 is 11.6 Å². The second-order valence-electron chi connectivity index (χ2n) is 3.52. The minimum atomic E-state index is -1.21. The molecule has 1 atom stereocenters. The maximum absolute atomic E-state index is 11.5. The average molecular weight is 245 g/mol. The summed E-state index contributed by atoms with van der Waals surface area (Å²) in [7, 11) is 0. The standard InChI is InChI=1S/C8H9ClN4O3/c9-2-4-1-5(14)13(3-4)8-10-6(7(15)16)11-12-8/h4H,1-3H2,(H,15,16)(H,10,11,12). The number of aromatic carboxylic acids is 1. The van der Waals surface area contributed by atoms with Gasteiger partial charge in [-0.2, -0.15) is 4.98 Å². The van der Waals surface area contributed by atoms with Gasteiger partial charge in [0.15, 0.2) is 0 Å². The van der Waals surface area contributed by atoms with Crippen LogP contribution in [0, 0.1) is 5.92 Å². The molecule has 1 amide bonds. The summed E-state index contributed by atoms with van der Waals surface area (Å²) in [5.74, 6) is -1.08. The number of halogens is 1. The number of H-pyrrole nitrogens is 1. The van der Waals surface area contributed by atoms with Crippen molar-refractivity contribution in [2.24, 2.45) is 5.92 Å². The number of hydrogen-bond acceptors (Lipinski definition) is 4. The third kappa shape index (κ3) is 1.85. The highest BCUT2D eigenvalue weighted by Gasteiger charge is 2.32. The predicted octanol–water partition coefficient (Wildman–Crippen LogP) is 0.0946. The lowest BCUT2D eigenvalue weighted by Gasteiger charge is -2.10. The van der Waals surface area contributed by atoms with Gasteiger partial charge in [-0.25, -0.2) is 4.79 Å². The van der Waals surface area contributed by atoms with E-state index >= 15 is 0 Å². The summed E-state index contributed by atoms with van der Waals surface area (Å²) in [6.07, 6.45) is 0.348. The summed E-state index contributed by atoms with van der Waals surface area (Å²) in [6, 6.07) is 0. The quantitative estimate of drug-likeness (QED) is 0.735. The highest BCUT2D eigenvalue weighted by atomic mass is 35.5. The molecular weight excluding hydrogens is 236 g/mol. The second-order valence-corrected chi connectivity index (χ2v) is 3.83. The number of amides is 1. The Morgan fingerprint density at radius 2 is 2.44 bits per heavy atom. The Hall–Kier alpha value is -1.63. The van der Waals surface area contributed by atoms with E-state index in [0.717, 1.165) is 0 Å². The van der Waals surface area contributed by atoms with Crippen molar-refractivity contribution in [2.45, 2.75) is 6.42 Å². The Morgan fingerprint density at radius 3 is 2.94 bits per heavy atom. The number of carboxylic acid groups (broad SMARTS) is 1. The molecule has 0 aromatic carbocycles. The van der Waals surface area contributed by atoms with Gasteiger partial charge in [0.1, 0.15) is 0 Å². The molecule has 1 aliphatic heterocycles. The molecule has 1 saturated heterocycles. The molecule has 2 rings (SSSR count). The van der Waals surface area contributed by atoms with E-state index < -0.39 is 5.97 Å². The van der Waals surface area contributed by atoms with Crippen LogP contribution in [0.15, 0.2) is 0 Å². The van der Waals surface area contributed by atoms with Crippen molar-refractivity contribution in [1.82, 2.24) is 15.2 Å². The zero-order valence-corrected chi connectivity index (χ0v) is 8.94. The predicted molar refractivity (Wildman–Crippen MR) is 54.5 cm³/mol. The van der Waals surface area contributed by atoms with Crippen molar-refractivity contribution in [3.8, 4) is 0 Å². The van der Waals surface area contributed by atoms with Crippen molar-refractivity contribution in [1.29, 1.82) is 0 Å². The van der Waals surface area contributed by atoms with Crippen LogP contribution in [0.1, 0.15) is 17.0 Å². The fourth-order valence-electron chi connectivity index (χ4n) is 1.55. The first-order valence-corrected chi connectivity index (χ1v) is 5.17. The monoisotopic (exact) mass is 244 g/mol. The smallest absolute Gasteiger partial charge is 0.373 e. The summed E-state index contributed by atoms with van der Waals surface area (Å²) >= 11 is 5.66. The third-order valence-corrected chi connectivity index (χ3v) is 2.78. The molecule has 1 aromatic rings. The Kier molecular flexibility index (Phi) is 2.78. The molecular formula is C8H9ClN4O3. The maximum atomic E-state index is 11.5. The van der Waals surface area contributed by atoms with E-state index in [2.05, 4.69) is 15.2 Å². The highest BCUT2D eigenvalue weighted by molar-refractivity contribution is 6.18. The number of nitrogens with one attached hydrogen (secondary N) is 1. The zero-order chi connectivity index (χ0) is 11.7. The number of carboxylic acids is 1. The number of alkyl halides is 1. The number of carbonyl (C=O) groups excluding carboxylic acids is 1. The van der Waals surface area contributed by atoms with Gasteiger partial charge >= 0.3 is 5.97 Å². The summed E-state index contributed by atoms with van der Waals surface area (Å²) in [5.41, 5.74) is 0. The van der Waals surface area contributed by atoms with Gasteiger partial charge in [-0.1, -0.05) is 0 Å². The zero-order valence-electron chi connectivity index (χ0n) is 8.18. The number of anilines is 1. The van der Waals surface area contributed by atoms with Crippen LogP contribution < -0.4 is 4.90 Å². The van der Waals surface area contributed by atoms with Crippen LogP contribution in [0.2, 0.25) is 0 Å². The van der Waals surface area contributed by atoms with Gasteiger partial charge in [0.2, 0.25) is 11.7 Å². The molecule has 1 unspecified atom stereocenters. The third-order valence-electron chi connectivity index (χ3n) is 2.34. The lowest BCUT2D eigenvalue weighted by atomic mass is 10.2. The summed E-state index contributed by atoms with van der Waals surface area (Å²) in [6.45, 7) is 0.430. The van der Waals surface area contributed by atoms with Gasteiger partial charge in [0.05, 0.1) is 0 Å². The van der Waals surface area contributed by atoms with Crippen molar-refractivity contribution < 1.29 is 14.7 Å². The fourth-order valence-corrected chi connectivity index (χ4v) is 1.75. The van der Waals surface area contributed by atoms with Crippen molar-refractivity contribution in [3.63, 3.8) is 0 Å². The number of hydrogen-bond donors (Lipinski definition) is 2. The molecule has 0 aliphatic carbocycles. The molecule has 1 aromatic heterocycles. The summed E-state index contributed by atoms with van der Waals surface area (Å²) < 4.78 is 0. The second kappa shape index (κ2) is 4.09. The average Bonchev–Trinajstić information content (AvgIpc) is 2.83. The van der Waals surface area contributed by atoms with Crippen LogP contribution in [-0.4, -0.2) is 44.6 Å². The van der Waals surface area contributed by atoms with E-state index in [1.165, 1.54) is 4.90 Å². The van der Waals surface area contributed by atoms with E-state index in [1.54, 1.807) is 0 Å². The van der Waals surface area contributed by atoms with Crippen molar-refractivity contribution in [3.05, 3.63) is 5.82 Å². The highest BCUT2D eigenvalue weighted by Crippen LogP contribution is 2.22. The normalized spacial score (nSPS) is 20.4. The van der Waals surface area contributed by atoms with Gasteiger partial charge in [-0.3, -0.25) is 14.8 Å². The minimum Gasteiger partial charge on any atom is -0.475 e. The number of aromatic amines is 1. The van der Waals surface area contributed by atoms with Crippen LogP contribution in [0.25, 0.3) is 0 Å². The summed E-state index contributed by atoms with van der Waals surface area (Å²) in [5, 5.41) is 14.6. The Bertz CT molecular complexity index is 433. The molecule has 0 bridgehead atoms. The molecule has 2 heterocycles. The molecule has 0 spiro atoms. The van der Waals surface area contributed by atoms with Gasteiger partial charge in [0, 0.05) is 18.8 Å². The first-order valence-electron chi connectivity index (χ1n) is 4.64. The van der Waals surface area contributed by atoms with E-state index in [9.17, 15) is 9.59 Å². The molecule has 1 fully saturated rings. The largest absolute Gasteiger partial charge is 0.475 e. The van der Waals surface area contributed by atoms with Crippen LogP contribution in [0.5, 0.6) is 0 Å². The lowest BCUT2D eigenvalue weighted by molar-refractivity contribution is -0.117. The topological polar surface area (TPSA) is 99.2 Å². The number of rotatable bonds is 3. The number of nitrogens with zero attached hydrogens (tertiary/aromatic N) is 3. The van der Waals surface area contributed by atoms with Gasteiger partial charge in [-0.15, -0.1) is 16.7 Å². The summed E-state index contributed by atoms with van der Waals surface area (Å²) in [4.78, 5) is 27.2. The van der Waals surface area contributed by atoms with Crippen LogP contribution in [0.4, 0.5) is 5.95 Å². The SMILES string of the molecule is O=C(O)c1nc(N2CC(CCl)CC2=O)n[nH]1. The molecule has 0 radical (unpaired) electrons. The van der Waals surface area contributed by atoms with E-state index in [-0.39, 0.29) is 23.6 Å². The van der Waals surface area contributed by atoms with Crippen molar-refractivity contribution in [2.75, 3.05) is 17.3 Å². The van der Waals surface area contributed by atoms with Gasteiger partial charge in [0.25, 0.3) is 5.95 Å². The van der Waals surface area contributed by atoms with E-state index in [0.29, 0.717) is 18.8 Å².